The quantitative estimate of drug-likeness (QED) is 0.433. The molecule has 2 heteroatoms. The van der Waals surface area contributed by atoms with Crippen LogP contribution in [-0.2, 0) is 0 Å². The molecule has 1 aromatic heterocycles. The number of rotatable bonds is 12. The van der Waals surface area contributed by atoms with Gasteiger partial charge in [-0.05, 0) is 18.9 Å². The monoisotopic (exact) mass is 291 g/mol. The first-order valence-corrected chi connectivity index (χ1v) is 8.82. The van der Waals surface area contributed by atoms with E-state index in [0.717, 1.165) is 5.88 Å². The van der Waals surface area contributed by atoms with Gasteiger partial charge in [-0.1, -0.05) is 71.3 Å². The van der Waals surface area contributed by atoms with E-state index in [2.05, 4.69) is 31.0 Å². The Balaban J connectivity index is 2.56. The van der Waals surface area contributed by atoms with Gasteiger partial charge in [0.1, 0.15) is 0 Å². The second-order valence-corrected chi connectivity index (χ2v) is 6.00. The number of hydrogen-bond donors (Lipinski definition) is 0. The van der Waals surface area contributed by atoms with E-state index < -0.39 is 0 Å². The summed E-state index contributed by atoms with van der Waals surface area (Å²) in [5, 5.41) is 0. The van der Waals surface area contributed by atoms with Gasteiger partial charge in [-0.2, -0.15) is 0 Å². The number of unbranched alkanes of at least 4 members (excludes halogenated alkanes) is 6. The highest BCUT2D eigenvalue weighted by Gasteiger charge is 2.13. The molecule has 120 valence electrons. The lowest BCUT2D eigenvalue weighted by atomic mass is 9.91. The molecule has 0 radical (unpaired) electrons. The third-order valence-corrected chi connectivity index (χ3v) is 4.18. The number of methoxy groups -OCH3 is 1. The first kappa shape index (κ1) is 18.0. The Kier molecular flexibility index (Phi) is 9.94. The van der Waals surface area contributed by atoms with Crippen LogP contribution in [0.2, 0.25) is 0 Å². The van der Waals surface area contributed by atoms with Crippen molar-refractivity contribution in [3.8, 4) is 5.88 Å². The molecule has 0 saturated heterocycles. The van der Waals surface area contributed by atoms with Crippen molar-refractivity contribution >= 4 is 0 Å². The van der Waals surface area contributed by atoms with E-state index in [0.29, 0.717) is 5.92 Å². The molecule has 2 nitrogen and oxygen atoms in total. The van der Waals surface area contributed by atoms with E-state index in [4.69, 9.17) is 4.74 Å². The molecule has 0 aliphatic carbocycles. The fraction of sp³-hybridized carbons (Fsp3) is 0.737. The highest BCUT2D eigenvalue weighted by atomic mass is 16.5. The summed E-state index contributed by atoms with van der Waals surface area (Å²) in [6, 6.07) is 6.19. The summed E-state index contributed by atoms with van der Waals surface area (Å²) in [4.78, 5) is 4.67. The molecule has 0 fully saturated rings. The van der Waals surface area contributed by atoms with Crippen LogP contribution in [0, 0.1) is 0 Å². The fourth-order valence-electron chi connectivity index (χ4n) is 2.85. The van der Waals surface area contributed by atoms with Gasteiger partial charge in [0.05, 0.1) is 7.11 Å². The summed E-state index contributed by atoms with van der Waals surface area (Å²) in [7, 11) is 1.70. The minimum absolute atomic E-state index is 0.605. The zero-order valence-electron chi connectivity index (χ0n) is 14.2. The van der Waals surface area contributed by atoms with Crippen molar-refractivity contribution in [2.75, 3.05) is 7.11 Å². The van der Waals surface area contributed by atoms with Crippen molar-refractivity contribution < 1.29 is 4.74 Å². The van der Waals surface area contributed by atoms with Crippen molar-refractivity contribution in [2.45, 2.75) is 84.0 Å². The van der Waals surface area contributed by atoms with Gasteiger partial charge in [-0.3, -0.25) is 0 Å². The zero-order chi connectivity index (χ0) is 15.3. The maximum Gasteiger partial charge on any atom is 0.213 e. The Morgan fingerprint density at radius 3 is 2.05 bits per heavy atom. The van der Waals surface area contributed by atoms with Crippen LogP contribution in [0.1, 0.15) is 89.7 Å². The number of aromatic nitrogens is 1. The van der Waals surface area contributed by atoms with Gasteiger partial charge in [-0.15, -0.1) is 0 Å². The Morgan fingerprint density at radius 2 is 1.52 bits per heavy atom. The molecule has 0 amide bonds. The number of pyridine rings is 1. The normalized spacial score (nSPS) is 11.0. The third-order valence-electron chi connectivity index (χ3n) is 4.18. The number of nitrogens with zero attached hydrogens (tertiary/aromatic N) is 1. The Labute approximate surface area is 131 Å². The maximum absolute atomic E-state index is 5.28. The van der Waals surface area contributed by atoms with Crippen LogP contribution in [-0.4, -0.2) is 12.1 Å². The molecular formula is C19H33NO. The minimum Gasteiger partial charge on any atom is -0.481 e. The van der Waals surface area contributed by atoms with Crippen molar-refractivity contribution in [1.82, 2.24) is 4.98 Å². The summed E-state index contributed by atoms with van der Waals surface area (Å²) in [6.45, 7) is 4.54. The lowest BCUT2D eigenvalue weighted by Crippen LogP contribution is -2.03. The molecule has 0 saturated carbocycles. The maximum atomic E-state index is 5.28. The molecule has 0 spiro atoms. The fourth-order valence-corrected chi connectivity index (χ4v) is 2.85. The minimum atomic E-state index is 0.605. The summed E-state index contributed by atoms with van der Waals surface area (Å²) in [5.74, 6) is 1.36. The number of ether oxygens (including phenoxy) is 1. The molecule has 1 rings (SSSR count). The van der Waals surface area contributed by atoms with E-state index in [9.17, 15) is 0 Å². The van der Waals surface area contributed by atoms with E-state index in [1.165, 1.54) is 69.9 Å². The summed E-state index contributed by atoms with van der Waals surface area (Å²) in [6.07, 6.45) is 13.2. The van der Waals surface area contributed by atoms with E-state index in [-0.39, 0.29) is 0 Å². The Hall–Kier alpha value is -1.05. The van der Waals surface area contributed by atoms with E-state index in [1.54, 1.807) is 7.11 Å². The van der Waals surface area contributed by atoms with Crippen molar-refractivity contribution in [3.63, 3.8) is 0 Å². The first-order chi connectivity index (χ1) is 10.3. The van der Waals surface area contributed by atoms with Crippen LogP contribution in [0.25, 0.3) is 0 Å². The average Bonchev–Trinajstić information content (AvgIpc) is 2.53. The molecular weight excluding hydrogens is 258 g/mol. The highest BCUT2D eigenvalue weighted by Crippen LogP contribution is 2.28. The zero-order valence-corrected chi connectivity index (χ0v) is 14.2. The van der Waals surface area contributed by atoms with Crippen LogP contribution in [0.3, 0.4) is 0 Å². The highest BCUT2D eigenvalue weighted by molar-refractivity contribution is 5.18. The van der Waals surface area contributed by atoms with Crippen LogP contribution in [0.15, 0.2) is 18.2 Å². The van der Waals surface area contributed by atoms with Crippen LogP contribution >= 0.6 is 0 Å². The molecule has 0 aliphatic rings. The van der Waals surface area contributed by atoms with Gasteiger partial charge in [0, 0.05) is 17.7 Å². The lowest BCUT2D eigenvalue weighted by molar-refractivity contribution is 0.392. The van der Waals surface area contributed by atoms with Crippen molar-refractivity contribution in [2.24, 2.45) is 0 Å². The van der Waals surface area contributed by atoms with Crippen LogP contribution < -0.4 is 4.74 Å². The largest absolute Gasteiger partial charge is 0.481 e. The van der Waals surface area contributed by atoms with Crippen LogP contribution in [0.4, 0.5) is 0 Å². The number of hydrogen-bond acceptors (Lipinski definition) is 2. The van der Waals surface area contributed by atoms with Gasteiger partial charge >= 0.3 is 0 Å². The van der Waals surface area contributed by atoms with Gasteiger partial charge < -0.3 is 4.74 Å². The molecule has 0 bridgehead atoms. The predicted molar refractivity (Wildman–Crippen MR) is 91.0 cm³/mol. The predicted octanol–water partition coefficient (Wildman–Crippen LogP) is 6.11. The smallest absolute Gasteiger partial charge is 0.213 e. The molecule has 21 heavy (non-hydrogen) atoms. The summed E-state index contributed by atoms with van der Waals surface area (Å²) in [5.41, 5.74) is 1.22. The average molecular weight is 291 g/mol. The first-order valence-electron chi connectivity index (χ1n) is 8.82. The molecule has 1 aromatic rings. The van der Waals surface area contributed by atoms with Gasteiger partial charge in [0.2, 0.25) is 5.88 Å². The summed E-state index contributed by atoms with van der Waals surface area (Å²) < 4.78 is 5.28. The SMILES string of the molecule is CCCCCCC(CCCCCC)c1cccc(OC)n1. The molecule has 0 atom stereocenters. The van der Waals surface area contributed by atoms with Crippen LogP contribution in [0.5, 0.6) is 5.88 Å². The van der Waals surface area contributed by atoms with Gasteiger partial charge in [0.15, 0.2) is 0 Å². The lowest BCUT2D eigenvalue weighted by Gasteiger charge is -2.17. The van der Waals surface area contributed by atoms with E-state index >= 15 is 0 Å². The van der Waals surface area contributed by atoms with E-state index in [1.807, 2.05) is 6.07 Å². The Morgan fingerprint density at radius 1 is 0.905 bits per heavy atom. The van der Waals surface area contributed by atoms with Crippen molar-refractivity contribution in [1.29, 1.82) is 0 Å². The van der Waals surface area contributed by atoms with Gasteiger partial charge in [-0.25, -0.2) is 4.98 Å². The molecule has 0 N–H and O–H groups in total. The molecule has 0 aromatic carbocycles. The molecule has 0 unspecified atom stereocenters. The summed E-state index contributed by atoms with van der Waals surface area (Å²) >= 11 is 0. The second-order valence-electron chi connectivity index (χ2n) is 6.00. The Bertz CT molecular complexity index is 352. The standard InChI is InChI=1S/C19H33NO/c1-4-6-8-10-13-17(14-11-9-7-5-2)18-15-12-16-19(20-18)21-3/h12,15-17H,4-11,13-14H2,1-3H3. The van der Waals surface area contributed by atoms with Gasteiger partial charge in [0.25, 0.3) is 0 Å². The topological polar surface area (TPSA) is 22.1 Å². The third kappa shape index (κ3) is 7.50. The second kappa shape index (κ2) is 11.6. The van der Waals surface area contributed by atoms with Crippen molar-refractivity contribution in [3.05, 3.63) is 23.9 Å². The molecule has 0 aliphatic heterocycles. The molecule has 1 heterocycles.